The van der Waals surface area contributed by atoms with E-state index in [2.05, 4.69) is 20.6 Å². The predicted octanol–water partition coefficient (Wildman–Crippen LogP) is 4.21. The van der Waals surface area contributed by atoms with Crippen molar-refractivity contribution >= 4 is 41.3 Å². The van der Waals surface area contributed by atoms with Crippen LogP contribution in [0.4, 0.5) is 8.78 Å². The van der Waals surface area contributed by atoms with Gasteiger partial charge in [-0.05, 0) is 25.5 Å². The van der Waals surface area contributed by atoms with Gasteiger partial charge in [0.15, 0.2) is 5.96 Å². The highest BCUT2D eigenvalue weighted by Gasteiger charge is 2.12. The van der Waals surface area contributed by atoms with E-state index >= 15 is 0 Å². The van der Waals surface area contributed by atoms with E-state index in [0.29, 0.717) is 24.6 Å². The first-order valence-electron chi connectivity index (χ1n) is 7.88. The highest BCUT2D eigenvalue weighted by Crippen LogP contribution is 2.19. The Hall–Kier alpha value is -1.29. The van der Waals surface area contributed by atoms with Crippen molar-refractivity contribution in [1.29, 1.82) is 0 Å². The second kappa shape index (κ2) is 10.6. The van der Waals surface area contributed by atoms with Gasteiger partial charge in [0.05, 0.1) is 6.54 Å². The number of rotatable bonds is 6. The van der Waals surface area contributed by atoms with Gasteiger partial charge in [0.2, 0.25) is 0 Å². The van der Waals surface area contributed by atoms with Crippen molar-refractivity contribution in [3.05, 3.63) is 51.5 Å². The van der Waals surface area contributed by atoms with Gasteiger partial charge in [0.25, 0.3) is 0 Å². The van der Waals surface area contributed by atoms with Crippen LogP contribution in [-0.4, -0.2) is 24.0 Å². The van der Waals surface area contributed by atoms with E-state index in [4.69, 9.17) is 0 Å². The molecule has 1 unspecified atom stereocenters. The zero-order chi connectivity index (χ0) is 17.5. The third-order valence-electron chi connectivity index (χ3n) is 3.45. The molecule has 2 N–H and O–H groups in total. The predicted molar refractivity (Wildman–Crippen MR) is 110 cm³/mol. The number of guanidine groups is 1. The zero-order valence-electron chi connectivity index (χ0n) is 14.5. The summed E-state index contributed by atoms with van der Waals surface area (Å²) in [6.07, 6.45) is 1.83. The van der Waals surface area contributed by atoms with Crippen LogP contribution in [0, 0.1) is 18.6 Å². The first kappa shape index (κ1) is 21.8. The van der Waals surface area contributed by atoms with Crippen LogP contribution >= 0.6 is 35.3 Å². The molecule has 0 aliphatic heterocycles. The van der Waals surface area contributed by atoms with Crippen molar-refractivity contribution < 1.29 is 8.78 Å². The Labute approximate surface area is 168 Å². The molecule has 0 saturated carbocycles. The molecule has 0 aliphatic carbocycles. The van der Waals surface area contributed by atoms with E-state index in [1.165, 1.54) is 12.1 Å². The van der Waals surface area contributed by atoms with Crippen molar-refractivity contribution in [3.63, 3.8) is 0 Å². The third kappa shape index (κ3) is 6.85. The minimum atomic E-state index is -0.565. The van der Waals surface area contributed by atoms with Crippen LogP contribution in [0.2, 0.25) is 0 Å². The monoisotopic (exact) mass is 480 g/mol. The van der Waals surface area contributed by atoms with E-state index in [0.717, 1.165) is 22.5 Å². The molecular weight excluding hydrogens is 457 g/mol. The lowest BCUT2D eigenvalue weighted by Gasteiger charge is -2.16. The van der Waals surface area contributed by atoms with Gasteiger partial charge in [0.1, 0.15) is 16.6 Å². The summed E-state index contributed by atoms with van der Waals surface area (Å²) in [5.41, 5.74) is 0.482. The van der Waals surface area contributed by atoms with Crippen LogP contribution in [0.25, 0.3) is 0 Å². The molecule has 8 heteroatoms. The molecule has 2 rings (SSSR count). The Kier molecular flexibility index (Phi) is 9.26. The molecule has 2 aromatic rings. The highest BCUT2D eigenvalue weighted by atomic mass is 127. The maximum Gasteiger partial charge on any atom is 0.191 e. The summed E-state index contributed by atoms with van der Waals surface area (Å²) >= 11 is 1.61. The Balaban J connectivity index is 0.00000312. The molecule has 1 atom stereocenters. The fraction of sp³-hybridized carbons (Fsp3) is 0.412. The average molecular weight is 480 g/mol. The van der Waals surface area contributed by atoms with E-state index in [1.807, 2.05) is 27.0 Å². The van der Waals surface area contributed by atoms with E-state index < -0.39 is 11.6 Å². The van der Waals surface area contributed by atoms with Crippen molar-refractivity contribution in [2.75, 3.05) is 13.1 Å². The first-order valence-corrected chi connectivity index (χ1v) is 8.69. The molecule has 1 aromatic carbocycles. The first-order chi connectivity index (χ1) is 11.5. The maximum absolute atomic E-state index is 13.8. The minimum absolute atomic E-state index is 0. The van der Waals surface area contributed by atoms with Crippen LogP contribution in [0.3, 0.4) is 0 Å². The summed E-state index contributed by atoms with van der Waals surface area (Å²) < 4.78 is 26.8. The standard InChI is InChI=1S/C17H22F2N4S.HI/c1-4-20-17(23-10-16-21-9-12(3)24-16)22-8-11(2)14-6-5-13(18)7-15(14)19;/h5-7,9,11H,4,8,10H2,1-3H3,(H2,20,22,23);1H. The summed E-state index contributed by atoms with van der Waals surface area (Å²) in [7, 11) is 0. The minimum Gasteiger partial charge on any atom is -0.357 e. The molecule has 0 aliphatic rings. The highest BCUT2D eigenvalue weighted by molar-refractivity contribution is 14.0. The SMILES string of the molecule is CCNC(=NCc1ncc(C)s1)NCC(C)c1ccc(F)cc1F.I. The molecule has 0 saturated heterocycles. The number of hydrogen-bond acceptors (Lipinski definition) is 3. The van der Waals surface area contributed by atoms with Crippen LogP contribution in [0.5, 0.6) is 0 Å². The lowest BCUT2D eigenvalue weighted by molar-refractivity contribution is 0.556. The van der Waals surface area contributed by atoms with E-state index in [1.54, 1.807) is 11.3 Å². The number of aromatic nitrogens is 1. The number of aliphatic imine (C=N–C) groups is 1. The number of aryl methyl sites for hydroxylation is 1. The van der Waals surface area contributed by atoms with E-state index in [9.17, 15) is 8.78 Å². The molecule has 0 spiro atoms. The van der Waals surface area contributed by atoms with E-state index in [-0.39, 0.29) is 29.9 Å². The zero-order valence-corrected chi connectivity index (χ0v) is 17.6. The van der Waals surface area contributed by atoms with Gasteiger partial charge in [-0.3, -0.25) is 0 Å². The Bertz CT molecular complexity index is 706. The molecular formula is C17H23F2IN4S. The molecule has 25 heavy (non-hydrogen) atoms. The largest absolute Gasteiger partial charge is 0.357 e. The van der Waals surface area contributed by atoms with Crippen molar-refractivity contribution in [1.82, 2.24) is 15.6 Å². The topological polar surface area (TPSA) is 49.3 Å². The number of nitrogens with zero attached hydrogens (tertiary/aromatic N) is 2. The van der Waals surface area contributed by atoms with Gasteiger partial charge < -0.3 is 10.6 Å². The summed E-state index contributed by atoms with van der Waals surface area (Å²) in [6, 6.07) is 3.67. The van der Waals surface area contributed by atoms with Crippen molar-refractivity contribution in [3.8, 4) is 0 Å². The maximum atomic E-state index is 13.8. The van der Waals surface area contributed by atoms with Crippen molar-refractivity contribution in [2.45, 2.75) is 33.2 Å². The lowest BCUT2D eigenvalue weighted by Crippen LogP contribution is -2.39. The second-order valence-corrected chi connectivity index (χ2v) is 6.83. The van der Waals surface area contributed by atoms with Crippen LogP contribution < -0.4 is 10.6 Å². The normalized spacial score (nSPS) is 12.4. The number of nitrogens with one attached hydrogen (secondary N) is 2. The van der Waals surface area contributed by atoms with Gasteiger partial charge in [-0.1, -0.05) is 13.0 Å². The fourth-order valence-corrected chi connectivity index (χ4v) is 2.94. The van der Waals surface area contributed by atoms with Gasteiger partial charge >= 0.3 is 0 Å². The van der Waals surface area contributed by atoms with Gasteiger partial charge in [0, 0.05) is 36.1 Å². The lowest BCUT2D eigenvalue weighted by atomic mass is 10.0. The number of benzene rings is 1. The van der Waals surface area contributed by atoms with Crippen LogP contribution in [-0.2, 0) is 6.54 Å². The third-order valence-corrected chi connectivity index (χ3v) is 4.35. The second-order valence-electron chi connectivity index (χ2n) is 5.51. The fourth-order valence-electron chi connectivity index (χ4n) is 2.22. The average Bonchev–Trinajstić information content (AvgIpc) is 2.95. The Morgan fingerprint density at radius 3 is 2.68 bits per heavy atom. The van der Waals surface area contributed by atoms with Crippen LogP contribution in [0.15, 0.2) is 29.4 Å². The quantitative estimate of drug-likeness (QED) is 0.370. The molecule has 4 nitrogen and oxygen atoms in total. The van der Waals surface area contributed by atoms with Gasteiger partial charge in [-0.2, -0.15) is 0 Å². The van der Waals surface area contributed by atoms with Crippen molar-refractivity contribution in [2.24, 2.45) is 4.99 Å². The van der Waals surface area contributed by atoms with Gasteiger partial charge in [-0.15, -0.1) is 35.3 Å². The van der Waals surface area contributed by atoms with Gasteiger partial charge in [-0.25, -0.2) is 18.8 Å². The number of hydrogen-bond donors (Lipinski definition) is 2. The molecule has 0 fully saturated rings. The smallest absolute Gasteiger partial charge is 0.191 e. The molecule has 0 radical (unpaired) electrons. The molecule has 1 aromatic heterocycles. The molecule has 138 valence electrons. The Morgan fingerprint density at radius 2 is 2.08 bits per heavy atom. The number of thiazole rings is 1. The molecule has 0 bridgehead atoms. The Morgan fingerprint density at radius 1 is 1.32 bits per heavy atom. The summed E-state index contributed by atoms with van der Waals surface area (Å²) in [4.78, 5) is 9.92. The summed E-state index contributed by atoms with van der Waals surface area (Å²) in [5, 5.41) is 7.29. The molecule has 1 heterocycles. The summed E-state index contributed by atoms with van der Waals surface area (Å²) in [6.45, 7) is 7.58. The number of halogens is 3. The summed E-state index contributed by atoms with van der Waals surface area (Å²) in [5.74, 6) is -0.550. The molecule has 0 amide bonds. The van der Waals surface area contributed by atoms with Crippen LogP contribution in [0.1, 0.15) is 35.2 Å².